The summed E-state index contributed by atoms with van der Waals surface area (Å²) in [5.41, 5.74) is 3.05. The summed E-state index contributed by atoms with van der Waals surface area (Å²) in [4.78, 5) is 30.1. The second kappa shape index (κ2) is 7.81. The smallest absolute Gasteiger partial charge is 0.222 e. The molecular formula is C20H27N5O. The van der Waals surface area contributed by atoms with Crippen molar-refractivity contribution in [2.75, 3.05) is 25.5 Å². The fourth-order valence-corrected chi connectivity index (χ4v) is 3.19. The van der Waals surface area contributed by atoms with Crippen molar-refractivity contribution in [3.63, 3.8) is 0 Å². The van der Waals surface area contributed by atoms with E-state index in [0.717, 1.165) is 42.0 Å². The maximum atomic E-state index is 12.5. The van der Waals surface area contributed by atoms with E-state index in [4.69, 9.17) is 9.97 Å². The number of nitrogens with zero attached hydrogens (tertiary/aromatic N) is 5. The topological polar surface area (TPSA) is 62.2 Å². The fourth-order valence-electron chi connectivity index (χ4n) is 3.19. The number of aromatic nitrogens is 3. The summed E-state index contributed by atoms with van der Waals surface area (Å²) in [7, 11) is 4.00. The first-order valence-electron chi connectivity index (χ1n) is 9.21. The Morgan fingerprint density at radius 3 is 2.62 bits per heavy atom. The summed E-state index contributed by atoms with van der Waals surface area (Å²) in [5, 5.41) is 0. The van der Waals surface area contributed by atoms with Crippen LogP contribution >= 0.6 is 0 Å². The highest BCUT2D eigenvalue weighted by molar-refractivity contribution is 5.76. The minimum atomic E-state index is 0.222. The standard InChI is InChI=1S/C20H27N5O/c1-14(2)5-6-18(26)25-12-9-16-17(13-25)22-19(23-20(16)24(3)4)15-7-10-21-11-8-15/h7-8,10-11,14H,5-6,9,12-13H2,1-4H3. The third-order valence-corrected chi connectivity index (χ3v) is 4.69. The summed E-state index contributed by atoms with van der Waals surface area (Å²) in [5.74, 6) is 2.39. The molecule has 0 radical (unpaired) electrons. The molecule has 0 unspecified atom stereocenters. The molecule has 3 rings (SSSR count). The second-order valence-electron chi connectivity index (χ2n) is 7.42. The van der Waals surface area contributed by atoms with Crippen LogP contribution in [0.3, 0.4) is 0 Å². The summed E-state index contributed by atoms with van der Waals surface area (Å²) in [6.45, 7) is 5.60. The van der Waals surface area contributed by atoms with Crippen LogP contribution < -0.4 is 4.90 Å². The summed E-state index contributed by atoms with van der Waals surface area (Å²) in [6, 6.07) is 3.82. The number of rotatable bonds is 5. The van der Waals surface area contributed by atoms with Crippen LogP contribution in [0.4, 0.5) is 5.82 Å². The minimum Gasteiger partial charge on any atom is -0.362 e. The van der Waals surface area contributed by atoms with E-state index in [2.05, 4.69) is 18.8 Å². The van der Waals surface area contributed by atoms with E-state index in [1.165, 1.54) is 0 Å². The van der Waals surface area contributed by atoms with Gasteiger partial charge < -0.3 is 9.80 Å². The van der Waals surface area contributed by atoms with Crippen LogP contribution in [0, 0.1) is 5.92 Å². The van der Waals surface area contributed by atoms with Crippen molar-refractivity contribution in [3.8, 4) is 11.4 Å². The van der Waals surface area contributed by atoms with Gasteiger partial charge in [0.2, 0.25) is 5.91 Å². The van der Waals surface area contributed by atoms with Gasteiger partial charge in [0.1, 0.15) is 5.82 Å². The van der Waals surface area contributed by atoms with Crippen LogP contribution in [0.1, 0.15) is 37.9 Å². The van der Waals surface area contributed by atoms with Crippen molar-refractivity contribution in [1.82, 2.24) is 19.9 Å². The average Bonchev–Trinajstić information content (AvgIpc) is 2.65. The normalized spacial score (nSPS) is 13.7. The van der Waals surface area contributed by atoms with Gasteiger partial charge in [-0.25, -0.2) is 9.97 Å². The van der Waals surface area contributed by atoms with Crippen LogP contribution in [0.15, 0.2) is 24.5 Å². The Hall–Kier alpha value is -2.50. The molecule has 6 heteroatoms. The van der Waals surface area contributed by atoms with E-state index in [-0.39, 0.29) is 5.91 Å². The van der Waals surface area contributed by atoms with E-state index < -0.39 is 0 Å². The quantitative estimate of drug-likeness (QED) is 0.827. The van der Waals surface area contributed by atoms with Gasteiger partial charge in [0.05, 0.1) is 12.2 Å². The molecule has 0 saturated carbocycles. The number of hydrogen-bond donors (Lipinski definition) is 0. The molecule has 2 aromatic rings. The third-order valence-electron chi connectivity index (χ3n) is 4.69. The van der Waals surface area contributed by atoms with E-state index in [1.807, 2.05) is 36.0 Å². The molecule has 0 aromatic carbocycles. The highest BCUT2D eigenvalue weighted by Gasteiger charge is 2.26. The van der Waals surface area contributed by atoms with Gasteiger partial charge >= 0.3 is 0 Å². The van der Waals surface area contributed by atoms with Crippen LogP contribution in [-0.2, 0) is 17.8 Å². The highest BCUT2D eigenvalue weighted by Crippen LogP contribution is 2.28. The fraction of sp³-hybridized carbons (Fsp3) is 0.500. The lowest BCUT2D eigenvalue weighted by molar-refractivity contribution is -0.132. The molecule has 1 aliphatic rings. The number of hydrogen-bond acceptors (Lipinski definition) is 5. The van der Waals surface area contributed by atoms with Crippen molar-refractivity contribution in [2.24, 2.45) is 5.92 Å². The van der Waals surface area contributed by atoms with Gasteiger partial charge in [-0.15, -0.1) is 0 Å². The Balaban J connectivity index is 1.90. The van der Waals surface area contributed by atoms with Crippen LogP contribution in [0.25, 0.3) is 11.4 Å². The maximum Gasteiger partial charge on any atom is 0.222 e. The number of amides is 1. The Morgan fingerprint density at radius 1 is 1.23 bits per heavy atom. The zero-order valence-corrected chi connectivity index (χ0v) is 16.1. The van der Waals surface area contributed by atoms with Gasteiger partial charge in [0.15, 0.2) is 5.82 Å². The number of pyridine rings is 1. The lowest BCUT2D eigenvalue weighted by Crippen LogP contribution is -2.37. The average molecular weight is 353 g/mol. The molecule has 0 saturated heterocycles. The lowest BCUT2D eigenvalue weighted by Gasteiger charge is -2.31. The third kappa shape index (κ3) is 4.00. The van der Waals surface area contributed by atoms with E-state index in [0.29, 0.717) is 24.7 Å². The zero-order chi connectivity index (χ0) is 18.7. The van der Waals surface area contributed by atoms with Crippen molar-refractivity contribution in [3.05, 3.63) is 35.8 Å². The van der Waals surface area contributed by atoms with Gasteiger partial charge in [0, 0.05) is 50.6 Å². The molecule has 0 spiro atoms. The van der Waals surface area contributed by atoms with Gasteiger partial charge in [-0.1, -0.05) is 13.8 Å². The predicted molar refractivity (Wildman–Crippen MR) is 103 cm³/mol. The van der Waals surface area contributed by atoms with E-state index in [9.17, 15) is 4.79 Å². The lowest BCUT2D eigenvalue weighted by atomic mass is 10.0. The van der Waals surface area contributed by atoms with E-state index in [1.54, 1.807) is 12.4 Å². The van der Waals surface area contributed by atoms with Gasteiger partial charge in [-0.2, -0.15) is 0 Å². The van der Waals surface area contributed by atoms with Crippen molar-refractivity contribution < 1.29 is 4.79 Å². The first-order valence-corrected chi connectivity index (χ1v) is 9.21. The molecule has 0 aliphatic carbocycles. The Labute approximate surface area is 155 Å². The van der Waals surface area contributed by atoms with Gasteiger partial charge in [-0.05, 0) is 30.9 Å². The highest BCUT2D eigenvalue weighted by atomic mass is 16.2. The molecule has 1 amide bonds. The molecule has 1 aliphatic heterocycles. The van der Waals surface area contributed by atoms with Crippen molar-refractivity contribution in [1.29, 1.82) is 0 Å². The molecular weight excluding hydrogens is 326 g/mol. The molecule has 26 heavy (non-hydrogen) atoms. The molecule has 3 heterocycles. The Bertz CT molecular complexity index is 773. The van der Waals surface area contributed by atoms with Crippen molar-refractivity contribution in [2.45, 2.75) is 39.7 Å². The summed E-state index contributed by atoms with van der Waals surface area (Å²) in [6.07, 6.45) is 5.82. The minimum absolute atomic E-state index is 0.222. The SMILES string of the molecule is CC(C)CCC(=O)N1CCc2c(nc(-c3ccncc3)nc2N(C)C)C1. The Kier molecular flexibility index (Phi) is 5.49. The number of carbonyl (C=O) groups excluding carboxylic acids is 1. The van der Waals surface area contributed by atoms with Crippen LogP contribution in [0.5, 0.6) is 0 Å². The number of carbonyl (C=O) groups is 1. The van der Waals surface area contributed by atoms with Crippen LogP contribution in [-0.4, -0.2) is 46.4 Å². The number of anilines is 1. The monoisotopic (exact) mass is 353 g/mol. The second-order valence-corrected chi connectivity index (χ2v) is 7.42. The van der Waals surface area contributed by atoms with Crippen molar-refractivity contribution >= 4 is 11.7 Å². The molecule has 0 bridgehead atoms. The first-order chi connectivity index (χ1) is 12.5. The first kappa shape index (κ1) is 18.3. The molecule has 6 nitrogen and oxygen atoms in total. The van der Waals surface area contributed by atoms with E-state index >= 15 is 0 Å². The van der Waals surface area contributed by atoms with Crippen LogP contribution in [0.2, 0.25) is 0 Å². The number of fused-ring (bicyclic) bond motifs is 1. The molecule has 2 aromatic heterocycles. The predicted octanol–water partition coefficient (Wildman–Crippen LogP) is 2.93. The van der Waals surface area contributed by atoms with Gasteiger partial charge in [-0.3, -0.25) is 9.78 Å². The summed E-state index contributed by atoms with van der Waals surface area (Å²) >= 11 is 0. The zero-order valence-electron chi connectivity index (χ0n) is 16.1. The van der Waals surface area contributed by atoms with Gasteiger partial charge in [0.25, 0.3) is 0 Å². The molecule has 0 fully saturated rings. The molecule has 0 atom stereocenters. The largest absolute Gasteiger partial charge is 0.362 e. The Morgan fingerprint density at radius 2 is 1.96 bits per heavy atom. The molecule has 0 N–H and O–H groups in total. The summed E-state index contributed by atoms with van der Waals surface area (Å²) < 4.78 is 0. The maximum absolute atomic E-state index is 12.5. The molecule has 138 valence electrons.